The normalized spacial score (nSPS) is 23.0. The van der Waals surface area contributed by atoms with Crippen molar-refractivity contribution in [3.63, 3.8) is 0 Å². The largest absolute Gasteiger partial charge is 0.471 e. The highest BCUT2D eigenvalue weighted by molar-refractivity contribution is 5.94. The highest BCUT2D eigenvalue weighted by atomic mass is 16.5. The molecule has 13 heavy (non-hydrogen) atoms. The van der Waals surface area contributed by atoms with E-state index in [1.165, 1.54) is 11.1 Å². The fourth-order valence-corrected chi connectivity index (χ4v) is 1.83. The molecule has 1 aliphatic heterocycles. The van der Waals surface area contributed by atoms with Crippen molar-refractivity contribution in [2.24, 2.45) is 5.73 Å². The van der Waals surface area contributed by atoms with Gasteiger partial charge in [-0.2, -0.15) is 0 Å². The first-order valence-corrected chi connectivity index (χ1v) is 4.30. The number of fused-ring (bicyclic) bond motifs is 3. The summed E-state index contributed by atoms with van der Waals surface area (Å²) in [7, 11) is 0. The average molecular weight is 171 g/mol. The third kappa shape index (κ3) is 0.863. The van der Waals surface area contributed by atoms with Crippen LogP contribution in [0.1, 0.15) is 11.1 Å². The van der Waals surface area contributed by atoms with Crippen LogP contribution in [0.5, 0.6) is 0 Å². The first-order chi connectivity index (χ1) is 6.34. The molecule has 2 heteroatoms. The number of hydrogen-bond donors (Lipinski definition) is 1. The standard InChI is InChI=1S/C11H9NO/c12-11-6-9-8-4-2-1-3-7(8)5-10(9)13-11/h1-6,11H,12H2. The van der Waals surface area contributed by atoms with E-state index in [9.17, 15) is 0 Å². The van der Waals surface area contributed by atoms with Gasteiger partial charge in [-0.15, -0.1) is 0 Å². The van der Waals surface area contributed by atoms with Crippen LogP contribution >= 0.6 is 0 Å². The lowest BCUT2D eigenvalue weighted by Gasteiger charge is -2.01. The minimum atomic E-state index is -0.269. The summed E-state index contributed by atoms with van der Waals surface area (Å²) in [6, 6.07) is 8.22. The van der Waals surface area contributed by atoms with Crippen LogP contribution in [-0.4, -0.2) is 6.23 Å². The van der Waals surface area contributed by atoms with E-state index in [4.69, 9.17) is 10.5 Å². The zero-order valence-corrected chi connectivity index (χ0v) is 7.03. The molecule has 2 aliphatic rings. The maximum atomic E-state index is 5.64. The number of nitrogens with two attached hydrogens (primary N) is 1. The lowest BCUT2D eigenvalue weighted by atomic mass is 10.1. The van der Waals surface area contributed by atoms with E-state index >= 15 is 0 Å². The molecule has 0 aromatic heterocycles. The molecule has 3 rings (SSSR count). The van der Waals surface area contributed by atoms with E-state index in [-0.39, 0.29) is 6.23 Å². The molecule has 1 atom stereocenters. The van der Waals surface area contributed by atoms with Gasteiger partial charge in [-0.1, -0.05) is 24.3 Å². The Balaban J connectivity index is 2.22. The van der Waals surface area contributed by atoms with Crippen LogP contribution in [0, 0.1) is 0 Å². The fraction of sp³-hybridized carbons (Fsp3) is 0.0909. The van der Waals surface area contributed by atoms with E-state index in [2.05, 4.69) is 12.1 Å². The van der Waals surface area contributed by atoms with Crippen LogP contribution in [0.4, 0.5) is 0 Å². The second-order valence-electron chi connectivity index (χ2n) is 3.26. The smallest absolute Gasteiger partial charge is 0.168 e. The molecular weight excluding hydrogens is 162 g/mol. The molecule has 0 fully saturated rings. The predicted molar refractivity (Wildman–Crippen MR) is 51.5 cm³/mol. The molecule has 1 aromatic rings. The Hall–Kier alpha value is -1.54. The maximum absolute atomic E-state index is 5.64. The number of rotatable bonds is 0. The van der Waals surface area contributed by atoms with Crippen LogP contribution in [0.3, 0.4) is 0 Å². The highest BCUT2D eigenvalue weighted by Gasteiger charge is 2.26. The van der Waals surface area contributed by atoms with E-state index in [0.717, 1.165) is 11.3 Å². The topological polar surface area (TPSA) is 35.2 Å². The van der Waals surface area contributed by atoms with Crippen molar-refractivity contribution in [1.29, 1.82) is 0 Å². The van der Waals surface area contributed by atoms with Crippen LogP contribution in [0.2, 0.25) is 0 Å². The number of hydrogen-bond acceptors (Lipinski definition) is 2. The van der Waals surface area contributed by atoms with Gasteiger partial charge >= 0.3 is 0 Å². The molecule has 1 aliphatic carbocycles. The minimum absolute atomic E-state index is 0.269. The van der Waals surface area contributed by atoms with Crippen molar-refractivity contribution >= 4 is 11.6 Å². The zero-order chi connectivity index (χ0) is 8.84. The molecule has 64 valence electrons. The van der Waals surface area contributed by atoms with E-state index < -0.39 is 0 Å². The summed E-state index contributed by atoms with van der Waals surface area (Å²) in [6.45, 7) is 0. The summed E-state index contributed by atoms with van der Waals surface area (Å²) in [5.41, 5.74) is 9.23. The average Bonchev–Trinajstić information content (AvgIpc) is 2.60. The van der Waals surface area contributed by atoms with Crippen LogP contribution < -0.4 is 5.73 Å². The molecule has 1 aromatic carbocycles. The van der Waals surface area contributed by atoms with Gasteiger partial charge in [0, 0.05) is 5.57 Å². The number of allylic oxidation sites excluding steroid dienone is 1. The Bertz CT molecular complexity index is 431. The van der Waals surface area contributed by atoms with Gasteiger partial charge in [0.05, 0.1) is 0 Å². The van der Waals surface area contributed by atoms with Crippen molar-refractivity contribution in [3.05, 3.63) is 47.2 Å². The molecule has 2 nitrogen and oxygen atoms in total. The minimum Gasteiger partial charge on any atom is -0.471 e. The van der Waals surface area contributed by atoms with Crippen molar-refractivity contribution in [3.8, 4) is 0 Å². The SMILES string of the molecule is NC1C=C2C(=Cc3ccccc32)O1. The monoisotopic (exact) mass is 171 g/mol. The fourth-order valence-electron chi connectivity index (χ4n) is 1.83. The lowest BCUT2D eigenvalue weighted by molar-refractivity contribution is 0.192. The van der Waals surface area contributed by atoms with Gasteiger partial charge < -0.3 is 4.74 Å². The molecule has 0 saturated carbocycles. The van der Waals surface area contributed by atoms with Gasteiger partial charge in [0.2, 0.25) is 0 Å². The molecule has 1 unspecified atom stereocenters. The van der Waals surface area contributed by atoms with Gasteiger partial charge in [-0.05, 0) is 23.3 Å². The van der Waals surface area contributed by atoms with Gasteiger partial charge in [0.1, 0.15) is 5.76 Å². The summed E-state index contributed by atoms with van der Waals surface area (Å²) < 4.78 is 5.41. The summed E-state index contributed by atoms with van der Waals surface area (Å²) in [6.07, 6.45) is 3.72. The molecule has 0 radical (unpaired) electrons. The number of ether oxygens (including phenoxy) is 1. The molecule has 1 heterocycles. The number of benzene rings is 1. The van der Waals surface area contributed by atoms with Crippen LogP contribution in [0.25, 0.3) is 11.6 Å². The van der Waals surface area contributed by atoms with E-state index in [0.29, 0.717) is 0 Å². The van der Waals surface area contributed by atoms with Crippen molar-refractivity contribution < 1.29 is 4.74 Å². The lowest BCUT2D eigenvalue weighted by Crippen LogP contribution is -2.15. The summed E-state index contributed by atoms with van der Waals surface area (Å²) in [4.78, 5) is 0. The Morgan fingerprint density at radius 1 is 1.23 bits per heavy atom. The van der Waals surface area contributed by atoms with E-state index in [1.54, 1.807) is 0 Å². The molecule has 0 saturated heterocycles. The summed E-state index contributed by atoms with van der Waals surface area (Å²) >= 11 is 0. The van der Waals surface area contributed by atoms with Crippen molar-refractivity contribution in [2.45, 2.75) is 6.23 Å². The first kappa shape index (κ1) is 6.92. The Kier molecular flexibility index (Phi) is 1.19. The van der Waals surface area contributed by atoms with Gasteiger partial charge in [-0.3, -0.25) is 5.73 Å². The van der Waals surface area contributed by atoms with Crippen molar-refractivity contribution in [2.75, 3.05) is 0 Å². The second-order valence-corrected chi connectivity index (χ2v) is 3.26. The van der Waals surface area contributed by atoms with Crippen LogP contribution in [0.15, 0.2) is 36.1 Å². The zero-order valence-electron chi connectivity index (χ0n) is 7.03. The van der Waals surface area contributed by atoms with Crippen molar-refractivity contribution in [1.82, 2.24) is 0 Å². The molecule has 0 bridgehead atoms. The Labute approximate surface area is 76.3 Å². The Morgan fingerprint density at radius 2 is 2.08 bits per heavy atom. The molecular formula is C11H9NO. The molecule has 2 N–H and O–H groups in total. The van der Waals surface area contributed by atoms with E-state index in [1.807, 2.05) is 24.3 Å². The summed E-state index contributed by atoms with van der Waals surface area (Å²) in [5, 5.41) is 0. The Morgan fingerprint density at radius 3 is 3.00 bits per heavy atom. The first-order valence-electron chi connectivity index (χ1n) is 4.30. The predicted octanol–water partition coefficient (Wildman–Crippen LogP) is 1.74. The third-order valence-electron chi connectivity index (χ3n) is 2.40. The van der Waals surface area contributed by atoms with Gasteiger partial charge in [0.25, 0.3) is 0 Å². The molecule has 0 amide bonds. The molecule has 0 spiro atoms. The van der Waals surface area contributed by atoms with Gasteiger partial charge in [-0.25, -0.2) is 0 Å². The maximum Gasteiger partial charge on any atom is 0.168 e. The van der Waals surface area contributed by atoms with Crippen LogP contribution in [-0.2, 0) is 4.74 Å². The highest BCUT2D eigenvalue weighted by Crippen LogP contribution is 2.39. The summed E-state index contributed by atoms with van der Waals surface area (Å²) in [5.74, 6) is 0.911. The third-order valence-corrected chi connectivity index (χ3v) is 2.40. The second kappa shape index (κ2) is 2.24. The quantitative estimate of drug-likeness (QED) is 0.645. The van der Waals surface area contributed by atoms with Gasteiger partial charge in [0.15, 0.2) is 6.23 Å².